The maximum absolute atomic E-state index is 12.0. The van der Waals surface area contributed by atoms with Gasteiger partial charge < -0.3 is 10.1 Å². The molecule has 3 heteroatoms. The van der Waals surface area contributed by atoms with Crippen molar-refractivity contribution in [2.24, 2.45) is 5.89 Å². The summed E-state index contributed by atoms with van der Waals surface area (Å²) in [6.45, 7) is -1.53. The summed E-state index contributed by atoms with van der Waals surface area (Å²) in [6.07, 6.45) is -7.54. The van der Waals surface area contributed by atoms with Crippen molar-refractivity contribution in [2.45, 2.75) is 45.5 Å². The zero-order valence-electron chi connectivity index (χ0n) is 17.5. The molecule has 1 saturated heterocycles. The summed E-state index contributed by atoms with van der Waals surface area (Å²) >= 11 is 0. The summed E-state index contributed by atoms with van der Waals surface area (Å²) in [5, 5.41) is 1.63. The summed E-state index contributed by atoms with van der Waals surface area (Å²) in [7, 11) is 0. The van der Waals surface area contributed by atoms with E-state index in [9.17, 15) is 4.79 Å². The summed E-state index contributed by atoms with van der Waals surface area (Å²) in [5.74, 6) is -4.14. The van der Waals surface area contributed by atoms with Gasteiger partial charge in [0, 0.05) is 18.8 Å². The molecule has 0 unspecified atom stereocenters. The number of hydrogen-bond acceptors (Lipinski definition) is 3. The summed E-state index contributed by atoms with van der Waals surface area (Å²) in [5.41, 5.74) is -0.960. The van der Waals surface area contributed by atoms with Gasteiger partial charge in [-0.05, 0) is 52.4 Å². The number of esters is 1. The molecule has 1 N–H and O–H groups in total. The third-order valence-corrected chi connectivity index (χ3v) is 1.29. The lowest BCUT2D eigenvalue weighted by Crippen LogP contribution is -2.31. The largest absolute Gasteiger partial charge is 0.460 e. The molecule has 1 aliphatic heterocycles. The minimum Gasteiger partial charge on any atom is -0.460 e. The fourth-order valence-corrected chi connectivity index (χ4v) is 0.886. The van der Waals surface area contributed by atoms with E-state index in [-0.39, 0.29) is 0 Å². The van der Waals surface area contributed by atoms with Gasteiger partial charge in [0.25, 0.3) is 0 Å². The van der Waals surface area contributed by atoms with Crippen LogP contribution in [0.25, 0.3) is 0 Å². The zero-order chi connectivity index (χ0) is 18.7. The molecule has 0 aromatic heterocycles. The van der Waals surface area contributed by atoms with Crippen LogP contribution in [-0.4, -0.2) is 24.6 Å². The molecule has 0 radical (unpaired) electrons. The van der Waals surface area contributed by atoms with Gasteiger partial charge in [0.15, 0.2) is 0 Å². The molecule has 0 aromatic rings. The van der Waals surface area contributed by atoms with E-state index < -0.39 is 49.6 Å². The Morgan fingerprint density at radius 3 is 2.64 bits per heavy atom. The molecule has 1 rings (SSSR count). The molecule has 0 spiro atoms. The van der Waals surface area contributed by atoms with Crippen LogP contribution in [0.1, 0.15) is 52.3 Å². The van der Waals surface area contributed by atoms with Crippen LogP contribution in [0.4, 0.5) is 0 Å². The van der Waals surface area contributed by atoms with E-state index in [1.807, 2.05) is 0 Å². The second-order valence-electron chi connectivity index (χ2n) is 3.87. The second-order valence-corrected chi connectivity index (χ2v) is 3.87. The maximum Gasteiger partial charge on any atom is 0.306 e. The lowest BCUT2D eigenvalue weighted by atomic mass is 9.95. The maximum atomic E-state index is 12.0. The van der Waals surface area contributed by atoms with Gasteiger partial charge in [-0.2, -0.15) is 0 Å². The van der Waals surface area contributed by atoms with E-state index in [2.05, 4.69) is 0 Å². The van der Waals surface area contributed by atoms with Crippen molar-refractivity contribution < 1.29 is 21.9 Å². The lowest BCUT2D eigenvalue weighted by molar-refractivity contribution is -0.156. The van der Waals surface area contributed by atoms with Crippen LogP contribution in [0, 0.1) is 5.89 Å². The molecule has 3 nitrogen and oxygen atoms in total. The van der Waals surface area contributed by atoms with Gasteiger partial charge in [-0.25, -0.2) is 0 Å². The van der Waals surface area contributed by atoms with Crippen LogP contribution in [0.15, 0.2) is 0 Å². The summed E-state index contributed by atoms with van der Waals surface area (Å²) in [6, 6.07) is 0. The molecule has 0 amide bonds. The van der Waals surface area contributed by atoms with E-state index >= 15 is 0 Å². The highest BCUT2D eigenvalue weighted by Gasteiger charge is 2.21. The fourth-order valence-electron chi connectivity index (χ4n) is 0.886. The molecule has 0 bridgehead atoms. The quantitative estimate of drug-likeness (QED) is 0.702. The number of carbonyl (C=O) groups is 1. The Morgan fingerprint density at radius 1 is 1.57 bits per heavy atom. The monoisotopic (exact) mass is 208 g/mol. The number of piperidine rings is 1. The average molecular weight is 208 g/mol. The van der Waals surface area contributed by atoms with Gasteiger partial charge in [0.05, 0.1) is 0 Å². The van der Waals surface area contributed by atoms with Crippen molar-refractivity contribution >= 4 is 5.97 Å². The standard InChI is InChI=1S/C11H21NO2/c1-11(2,3)14-10(13)8-9-4-6-12-7-5-9/h9,12H,4-8H2,1-3H3/i4D2,5D2,6D2,7D2,9D. The van der Waals surface area contributed by atoms with Crippen molar-refractivity contribution in [3.8, 4) is 0 Å². The van der Waals surface area contributed by atoms with Crippen LogP contribution in [0.5, 0.6) is 0 Å². The molecular weight excluding hydrogens is 178 g/mol. The van der Waals surface area contributed by atoms with Crippen molar-refractivity contribution in [3.63, 3.8) is 0 Å². The van der Waals surface area contributed by atoms with Gasteiger partial charge >= 0.3 is 5.97 Å². The third kappa shape index (κ3) is 4.61. The van der Waals surface area contributed by atoms with Crippen LogP contribution < -0.4 is 5.32 Å². The van der Waals surface area contributed by atoms with E-state index in [4.69, 9.17) is 17.1 Å². The van der Waals surface area contributed by atoms with Gasteiger partial charge in [-0.15, -0.1) is 0 Å². The highest BCUT2D eigenvalue weighted by atomic mass is 16.6. The van der Waals surface area contributed by atoms with Gasteiger partial charge in [-0.1, -0.05) is 0 Å². The van der Waals surface area contributed by atoms with E-state index in [1.54, 1.807) is 5.32 Å². The first kappa shape index (κ1) is 4.12. The highest BCUT2D eigenvalue weighted by molar-refractivity contribution is 5.70. The second kappa shape index (κ2) is 4.78. The molecule has 1 aliphatic rings. The molecule has 0 atom stereocenters. The summed E-state index contributed by atoms with van der Waals surface area (Å²) in [4.78, 5) is 12.0. The molecule has 0 aliphatic carbocycles. The predicted octanol–water partition coefficient (Wildman–Crippen LogP) is 1.72. The lowest BCUT2D eigenvalue weighted by Gasteiger charge is -2.24. The number of rotatable bonds is 2. The van der Waals surface area contributed by atoms with E-state index in [0.717, 1.165) is 0 Å². The third-order valence-electron chi connectivity index (χ3n) is 1.29. The Hall–Kier alpha value is -0.570. The Labute approximate surface area is 98.9 Å². The minimum absolute atomic E-state index is 0.960. The SMILES string of the molecule is [2H]C1([2H])NC([2H])([2H])C([2H])([2H])C([2H])(CC(=O)OC(C)(C)C)C1([2H])[2H]. The van der Waals surface area contributed by atoms with Crippen LogP contribution in [0.3, 0.4) is 0 Å². The normalized spacial score (nSPS) is 45.5. The topological polar surface area (TPSA) is 38.3 Å². The van der Waals surface area contributed by atoms with Crippen molar-refractivity contribution in [1.29, 1.82) is 0 Å². The van der Waals surface area contributed by atoms with Crippen molar-refractivity contribution in [2.75, 3.05) is 13.0 Å². The molecule has 1 heterocycles. The van der Waals surface area contributed by atoms with Crippen molar-refractivity contribution in [1.82, 2.24) is 5.32 Å². The smallest absolute Gasteiger partial charge is 0.306 e. The zero-order valence-corrected chi connectivity index (χ0v) is 8.52. The minimum atomic E-state index is -3.20. The van der Waals surface area contributed by atoms with Gasteiger partial charge in [0.1, 0.15) is 5.60 Å². The first-order chi connectivity index (χ1) is 9.81. The number of hydrogen-bond donors (Lipinski definition) is 1. The molecule has 1 fully saturated rings. The number of ether oxygens (including phenoxy) is 1. The van der Waals surface area contributed by atoms with E-state index in [1.165, 1.54) is 20.8 Å². The van der Waals surface area contributed by atoms with E-state index in [0.29, 0.717) is 0 Å². The first-order valence-electron chi connectivity index (χ1n) is 8.82. The van der Waals surface area contributed by atoms with Gasteiger partial charge in [0.2, 0.25) is 0 Å². The molecule has 82 valence electrons. The van der Waals surface area contributed by atoms with Crippen molar-refractivity contribution in [3.05, 3.63) is 0 Å². The van der Waals surface area contributed by atoms with Gasteiger partial charge in [-0.3, -0.25) is 4.79 Å². The summed E-state index contributed by atoms with van der Waals surface area (Å²) < 4.78 is 75.2. The average Bonchev–Trinajstić information content (AvgIpc) is 2.21. The fraction of sp³-hybridized carbons (Fsp3) is 0.909. The Morgan fingerprint density at radius 2 is 2.14 bits per heavy atom. The van der Waals surface area contributed by atoms with Crippen LogP contribution >= 0.6 is 0 Å². The highest BCUT2D eigenvalue weighted by Crippen LogP contribution is 2.18. The predicted molar refractivity (Wildman–Crippen MR) is 56.1 cm³/mol. The Bertz CT molecular complexity index is 472. The number of nitrogens with one attached hydrogen (secondary N) is 1. The first-order valence-corrected chi connectivity index (χ1v) is 4.32. The number of carbonyl (C=O) groups excluding carboxylic acids is 1. The Kier molecular flexibility index (Phi) is 1.41. The van der Waals surface area contributed by atoms with Crippen LogP contribution in [-0.2, 0) is 9.53 Å². The molecule has 0 aromatic carbocycles. The Balaban J connectivity index is 3.38. The molecule has 14 heavy (non-hydrogen) atoms. The molecule has 0 saturated carbocycles. The molecular formula is C11H21NO2. The van der Waals surface area contributed by atoms with Crippen LogP contribution in [0.2, 0.25) is 0 Å².